The highest BCUT2D eigenvalue weighted by Crippen LogP contribution is 2.33. The first-order chi connectivity index (χ1) is 10.3. The average molecular weight is 433 g/mol. The van der Waals surface area contributed by atoms with Gasteiger partial charge in [-0.05, 0) is 60.2 Å². The van der Waals surface area contributed by atoms with Gasteiger partial charge in [-0.15, -0.1) is 11.3 Å². The van der Waals surface area contributed by atoms with Crippen LogP contribution in [-0.2, 0) is 4.74 Å². The molecule has 0 aliphatic heterocycles. The molecule has 0 radical (unpaired) electrons. The first-order valence-electron chi connectivity index (χ1n) is 6.29. The van der Waals surface area contributed by atoms with Crippen molar-refractivity contribution < 1.29 is 18.7 Å². The zero-order chi connectivity index (χ0) is 16.4. The van der Waals surface area contributed by atoms with E-state index in [0.717, 1.165) is 10.4 Å². The Kier molecular flexibility index (Phi) is 5.17. The zero-order valence-electron chi connectivity index (χ0n) is 12.1. The summed E-state index contributed by atoms with van der Waals surface area (Å²) in [5, 5.41) is 3.15. The van der Waals surface area contributed by atoms with Gasteiger partial charge in [-0.2, -0.15) is 0 Å². The maximum absolute atomic E-state index is 13.1. The van der Waals surface area contributed by atoms with Gasteiger partial charge in [-0.1, -0.05) is 0 Å². The number of rotatable bonds is 3. The number of methoxy groups -OCH3 is 1. The third-order valence-corrected chi connectivity index (χ3v) is 5.19. The largest absolute Gasteiger partial charge is 0.465 e. The summed E-state index contributed by atoms with van der Waals surface area (Å²) < 4.78 is 18.4. The molecule has 0 bridgehead atoms. The van der Waals surface area contributed by atoms with E-state index in [4.69, 9.17) is 4.74 Å². The minimum atomic E-state index is -0.494. The van der Waals surface area contributed by atoms with E-state index in [0.29, 0.717) is 19.7 Å². The highest BCUT2D eigenvalue weighted by Gasteiger charge is 2.22. The van der Waals surface area contributed by atoms with Crippen LogP contribution in [0.25, 0.3) is 0 Å². The molecule has 1 heterocycles. The van der Waals surface area contributed by atoms with E-state index in [1.54, 1.807) is 6.92 Å². The van der Waals surface area contributed by atoms with Gasteiger partial charge in [0.05, 0.1) is 18.2 Å². The van der Waals surface area contributed by atoms with Crippen molar-refractivity contribution in [2.45, 2.75) is 13.8 Å². The quantitative estimate of drug-likeness (QED) is 0.585. The molecule has 0 unspecified atom stereocenters. The van der Waals surface area contributed by atoms with E-state index in [2.05, 4.69) is 5.32 Å². The molecule has 0 atom stereocenters. The number of ether oxygens (including phenoxy) is 1. The molecule has 4 nitrogen and oxygen atoms in total. The van der Waals surface area contributed by atoms with Gasteiger partial charge in [0, 0.05) is 8.45 Å². The van der Waals surface area contributed by atoms with E-state index in [1.165, 1.54) is 36.6 Å². The fraction of sp³-hybridized carbons (Fsp3) is 0.200. The average Bonchev–Trinajstić information content (AvgIpc) is 2.72. The molecule has 1 aromatic heterocycles. The number of carbonyl (C=O) groups excluding carboxylic acids is 2. The van der Waals surface area contributed by atoms with Gasteiger partial charge in [0.15, 0.2) is 0 Å². The normalized spacial score (nSPS) is 10.4. The van der Waals surface area contributed by atoms with E-state index in [-0.39, 0.29) is 0 Å². The molecule has 0 fully saturated rings. The second-order valence-electron chi connectivity index (χ2n) is 4.56. The van der Waals surface area contributed by atoms with Crippen LogP contribution in [0.3, 0.4) is 0 Å². The topological polar surface area (TPSA) is 55.4 Å². The van der Waals surface area contributed by atoms with Gasteiger partial charge >= 0.3 is 5.97 Å². The van der Waals surface area contributed by atoms with Crippen molar-refractivity contribution in [3.8, 4) is 0 Å². The van der Waals surface area contributed by atoms with Crippen LogP contribution in [0.5, 0.6) is 0 Å². The molecule has 0 saturated heterocycles. The lowest BCUT2D eigenvalue weighted by atomic mass is 10.1. The number of aryl methyl sites for hydroxylation is 1. The molecule has 1 aromatic carbocycles. The Bertz CT molecular complexity index is 757. The number of anilines is 1. The fourth-order valence-corrected chi connectivity index (χ4v) is 3.67. The number of nitrogens with one attached hydrogen (secondary N) is 1. The molecule has 116 valence electrons. The van der Waals surface area contributed by atoms with Crippen molar-refractivity contribution in [1.29, 1.82) is 0 Å². The molecule has 22 heavy (non-hydrogen) atoms. The van der Waals surface area contributed by atoms with Crippen molar-refractivity contribution >= 4 is 50.8 Å². The van der Waals surface area contributed by atoms with Gasteiger partial charge in [0.1, 0.15) is 10.8 Å². The summed E-state index contributed by atoms with van der Waals surface area (Å²) in [7, 11) is 1.29. The Morgan fingerprint density at radius 2 is 2.00 bits per heavy atom. The van der Waals surface area contributed by atoms with Gasteiger partial charge < -0.3 is 10.1 Å². The van der Waals surface area contributed by atoms with Crippen LogP contribution >= 0.6 is 33.9 Å². The summed E-state index contributed by atoms with van der Waals surface area (Å²) in [6.07, 6.45) is 0. The molecule has 0 aliphatic rings. The SMILES string of the molecule is COC(=O)c1c(NC(=O)c2ccc(F)cc2I)sc(C)c1C. The predicted molar refractivity (Wildman–Crippen MR) is 92.2 cm³/mol. The summed E-state index contributed by atoms with van der Waals surface area (Å²) in [4.78, 5) is 25.1. The molecule has 2 aromatic rings. The molecular weight excluding hydrogens is 420 g/mol. The van der Waals surface area contributed by atoms with Crippen LogP contribution in [0.4, 0.5) is 9.39 Å². The third kappa shape index (κ3) is 3.30. The minimum absolute atomic E-state index is 0.349. The highest BCUT2D eigenvalue weighted by atomic mass is 127. The third-order valence-electron chi connectivity index (χ3n) is 3.18. The second-order valence-corrected chi connectivity index (χ2v) is 6.94. The van der Waals surface area contributed by atoms with Crippen LogP contribution in [0, 0.1) is 23.2 Å². The molecule has 0 aliphatic carbocycles. The number of benzene rings is 1. The number of hydrogen-bond donors (Lipinski definition) is 1. The van der Waals surface area contributed by atoms with Crippen molar-refractivity contribution in [1.82, 2.24) is 0 Å². The van der Waals surface area contributed by atoms with Crippen molar-refractivity contribution in [3.63, 3.8) is 0 Å². The fourth-order valence-electron chi connectivity index (χ4n) is 1.91. The second kappa shape index (κ2) is 6.74. The maximum Gasteiger partial charge on any atom is 0.341 e. The molecule has 0 saturated carbocycles. The lowest BCUT2D eigenvalue weighted by Crippen LogP contribution is -2.15. The lowest BCUT2D eigenvalue weighted by molar-refractivity contribution is 0.0601. The molecule has 7 heteroatoms. The summed E-state index contributed by atoms with van der Waals surface area (Å²) >= 11 is 3.20. The van der Waals surface area contributed by atoms with Crippen molar-refractivity contribution in [2.75, 3.05) is 12.4 Å². The molecule has 1 N–H and O–H groups in total. The summed E-state index contributed by atoms with van der Waals surface area (Å²) in [6.45, 7) is 3.67. The summed E-state index contributed by atoms with van der Waals surface area (Å²) in [5.74, 6) is -1.29. The van der Waals surface area contributed by atoms with Gasteiger partial charge in [0.25, 0.3) is 5.91 Å². The predicted octanol–water partition coefficient (Wildman–Crippen LogP) is 4.15. The van der Waals surface area contributed by atoms with E-state index < -0.39 is 17.7 Å². The van der Waals surface area contributed by atoms with E-state index in [1.807, 2.05) is 29.5 Å². The summed E-state index contributed by atoms with van der Waals surface area (Å²) in [6, 6.07) is 3.92. The Labute approximate surface area is 144 Å². The highest BCUT2D eigenvalue weighted by molar-refractivity contribution is 14.1. The Morgan fingerprint density at radius 3 is 2.59 bits per heavy atom. The minimum Gasteiger partial charge on any atom is -0.465 e. The van der Waals surface area contributed by atoms with Crippen LogP contribution in [0.2, 0.25) is 0 Å². The standard InChI is InChI=1S/C15H13FINO3S/c1-7-8(2)22-14(12(7)15(20)21-3)18-13(19)10-5-4-9(16)6-11(10)17/h4-6H,1-3H3,(H,18,19). The van der Waals surface area contributed by atoms with Crippen molar-refractivity contribution in [3.05, 3.63) is 49.2 Å². The first-order valence-corrected chi connectivity index (χ1v) is 8.19. The smallest absolute Gasteiger partial charge is 0.341 e. The van der Waals surface area contributed by atoms with E-state index >= 15 is 0 Å². The van der Waals surface area contributed by atoms with Crippen LogP contribution in [0.1, 0.15) is 31.2 Å². The Balaban J connectivity index is 2.36. The number of thiophene rings is 1. The lowest BCUT2D eigenvalue weighted by Gasteiger charge is -2.07. The zero-order valence-corrected chi connectivity index (χ0v) is 15.1. The number of amides is 1. The van der Waals surface area contributed by atoms with Crippen LogP contribution in [-0.4, -0.2) is 19.0 Å². The Morgan fingerprint density at radius 1 is 1.32 bits per heavy atom. The van der Waals surface area contributed by atoms with E-state index in [9.17, 15) is 14.0 Å². The molecule has 1 amide bonds. The van der Waals surface area contributed by atoms with Crippen LogP contribution < -0.4 is 5.32 Å². The maximum atomic E-state index is 13.1. The first kappa shape index (κ1) is 16.9. The van der Waals surface area contributed by atoms with Crippen LogP contribution in [0.15, 0.2) is 18.2 Å². The Hall–Kier alpha value is -1.48. The molecule has 0 spiro atoms. The van der Waals surface area contributed by atoms with Crippen molar-refractivity contribution in [2.24, 2.45) is 0 Å². The molecule has 2 rings (SSSR count). The van der Waals surface area contributed by atoms with Gasteiger partial charge in [-0.25, -0.2) is 9.18 Å². The number of esters is 1. The molecular formula is C15H13FINO3S. The number of hydrogen-bond acceptors (Lipinski definition) is 4. The number of carbonyl (C=O) groups is 2. The monoisotopic (exact) mass is 433 g/mol. The number of halogens is 2. The van der Waals surface area contributed by atoms with Gasteiger partial charge in [-0.3, -0.25) is 4.79 Å². The summed E-state index contributed by atoms with van der Waals surface area (Å²) in [5.41, 5.74) is 1.48. The van der Waals surface area contributed by atoms with Gasteiger partial charge in [0.2, 0.25) is 0 Å².